The highest BCUT2D eigenvalue weighted by atomic mass is 16.5. The lowest BCUT2D eigenvalue weighted by molar-refractivity contribution is -0.0290. The van der Waals surface area contributed by atoms with Gasteiger partial charge in [-0.2, -0.15) is 0 Å². The van der Waals surface area contributed by atoms with E-state index in [0.717, 1.165) is 25.1 Å². The zero-order valence-corrected chi connectivity index (χ0v) is 13.1. The second kappa shape index (κ2) is 6.04. The first-order valence-electron chi connectivity index (χ1n) is 7.47. The largest absolute Gasteiger partial charge is 0.497 e. The number of anilines is 1. The van der Waals surface area contributed by atoms with Crippen molar-refractivity contribution in [3.63, 3.8) is 0 Å². The van der Waals surface area contributed by atoms with E-state index in [2.05, 4.69) is 37.9 Å². The number of aliphatic hydroxyl groups is 1. The Balaban J connectivity index is 2.01. The van der Waals surface area contributed by atoms with Crippen molar-refractivity contribution in [1.29, 1.82) is 0 Å². The quantitative estimate of drug-likeness (QED) is 0.916. The van der Waals surface area contributed by atoms with Crippen LogP contribution >= 0.6 is 0 Å². The summed E-state index contributed by atoms with van der Waals surface area (Å²) in [6.07, 6.45) is 3.24. The number of hydrogen-bond donors (Lipinski definition) is 1. The first-order chi connectivity index (χ1) is 9.44. The van der Waals surface area contributed by atoms with Crippen LogP contribution in [0.2, 0.25) is 0 Å². The van der Waals surface area contributed by atoms with E-state index >= 15 is 0 Å². The first-order valence-corrected chi connectivity index (χ1v) is 7.47. The summed E-state index contributed by atoms with van der Waals surface area (Å²) in [4.78, 5) is 2.23. The average Bonchev–Trinajstić information content (AvgIpc) is 2.44. The van der Waals surface area contributed by atoms with Crippen molar-refractivity contribution in [2.75, 3.05) is 25.6 Å². The molecule has 1 fully saturated rings. The molecule has 1 aliphatic rings. The summed E-state index contributed by atoms with van der Waals surface area (Å²) in [6.45, 7) is 5.26. The summed E-state index contributed by atoms with van der Waals surface area (Å²) < 4.78 is 5.18. The third-order valence-corrected chi connectivity index (χ3v) is 4.66. The highest BCUT2D eigenvalue weighted by Gasteiger charge is 2.37. The average molecular weight is 277 g/mol. The van der Waals surface area contributed by atoms with Crippen molar-refractivity contribution in [2.24, 2.45) is 11.3 Å². The molecule has 2 unspecified atom stereocenters. The number of aliphatic hydroxyl groups excluding tert-OH is 1. The van der Waals surface area contributed by atoms with Crippen molar-refractivity contribution in [2.45, 2.75) is 39.2 Å². The molecule has 0 spiro atoms. The van der Waals surface area contributed by atoms with Gasteiger partial charge >= 0.3 is 0 Å². The summed E-state index contributed by atoms with van der Waals surface area (Å²) in [5.74, 6) is 1.23. The number of rotatable bonds is 4. The summed E-state index contributed by atoms with van der Waals surface area (Å²) in [7, 11) is 3.77. The maximum absolute atomic E-state index is 10.5. The minimum Gasteiger partial charge on any atom is -0.497 e. The first kappa shape index (κ1) is 15.2. The Kier molecular flexibility index (Phi) is 4.59. The van der Waals surface area contributed by atoms with Crippen molar-refractivity contribution in [3.05, 3.63) is 24.3 Å². The van der Waals surface area contributed by atoms with Gasteiger partial charge in [0.05, 0.1) is 13.2 Å². The Bertz CT molecular complexity index is 427. The van der Waals surface area contributed by atoms with E-state index in [9.17, 15) is 5.11 Å². The van der Waals surface area contributed by atoms with E-state index in [0.29, 0.717) is 5.92 Å². The van der Waals surface area contributed by atoms with E-state index in [1.807, 2.05) is 12.1 Å². The van der Waals surface area contributed by atoms with Crippen LogP contribution in [0.4, 0.5) is 5.69 Å². The topological polar surface area (TPSA) is 32.7 Å². The lowest BCUT2D eigenvalue weighted by Crippen LogP contribution is -2.44. The third-order valence-electron chi connectivity index (χ3n) is 4.66. The summed E-state index contributed by atoms with van der Waals surface area (Å²) in [5.41, 5.74) is 1.21. The lowest BCUT2D eigenvalue weighted by atomic mass is 9.69. The highest BCUT2D eigenvalue weighted by Crippen LogP contribution is 2.39. The molecule has 0 radical (unpaired) electrons. The van der Waals surface area contributed by atoms with E-state index in [4.69, 9.17) is 4.74 Å². The maximum atomic E-state index is 10.5. The van der Waals surface area contributed by atoms with Crippen LogP contribution in [0.15, 0.2) is 24.3 Å². The molecule has 0 saturated heterocycles. The molecule has 1 aromatic carbocycles. The molecule has 0 amide bonds. The van der Waals surface area contributed by atoms with Crippen LogP contribution in [-0.4, -0.2) is 31.9 Å². The molecule has 3 heteroatoms. The molecule has 1 saturated carbocycles. The second-order valence-electron chi connectivity index (χ2n) is 6.66. The van der Waals surface area contributed by atoms with Crippen LogP contribution in [0.5, 0.6) is 5.75 Å². The van der Waals surface area contributed by atoms with E-state index in [1.165, 1.54) is 12.1 Å². The third kappa shape index (κ3) is 3.26. The summed E-state index contributed by atoms with van der Waals surface area (Å²) in [5, 5.41) is 10.5. The van der Waals surface area contributed by atoms with Gasteiger partial charge < -0.3 is 14.7 Å². The fourth-order valence-electron chi connectivity index (χ4n) is 3.25. The monoisotopic (exact) mass is 277 g/mol. The van der Waals surface area contributed by atoms with Gasteiger partial charge in [-0.05, 0) is 42.5 Å². The fraction of sp³-hybridized carbons (Fsp3) is 0.647. The lowest BCUT2D eigenvalue weighted by Gasteiger charge is -2.42. The molecule has 0 aromatic heterocycles. The molecule has 112 valence electrons. The van der Waals surface area contributed by atoms with Gasteiger partial charge in [-0.25, -0.2) is 0 Å². The molecule has 0 heterocycles. The second-order valence-corrected chi connectivity index (χ2v) is 6.66. The van der Waals surface area contributed by atoms with Gasteiger partial charge in [-0.15, -0.1) is 0 Å². The van der Waals surface area contributed by atoms with Crippen molar-refractivity contribution >= 4 is 5.69 Å². The molecule has 1 aromatic rings. The SMILES string of the molecule is COc1ccc(N(C)CC2CCCC(C)(C)C2O)cc1. The number of benzene rings is 1. The smallest absolute Gasteiger partial charge is 0.119 e. The van der Waals surface area contributed by atoms with Crippen LogP contribution in [0.1, 0.15) is 33.1 Å². The van der Waals surface area contributed by atoms with Crippen LogP contribution in [-0.2, 0) is 0 Å². The van der Waals surface area contributed by atoms with E-state index in [1.54, 1.807) is 7.11 Å². The van der Waals surface area contributed by atoms with Gasteiger partial charge in [-0.3, -0.25) is 0 Å². The maximum Gasteiger partial charge on any atom is 0.119 e. The molecule has 2 atom stereocenters. The van der Waals surface area contributed by atoms with Gasteiger partial charge in [-0.1, -0.05) is 20.3 Å². The van der Waals surface area contributed by atoms with Crippen molar-refractivity contribution < 1.29 is 9.84 Å². The van der Waals surface area contributed by atoms with Crippen LogP contribution in [0, 0.1) is 11.3 Å². The number of hydrogen-bond acceptors (Lipinski definition) is 3. The molecule has 1 aliphatic carbocycles. The van der Waals surface area contributed by atoms with Gasteiger partial charge in [0.2, 0.25) is 0 Å². The molecular formula is C17H27NO2. The Morgan fingerprint density at radius 1 is 1.30 bits per heavy atom. The van der Waals surface area contributed by atoms with Gasteiger partial charge in [0, 0.05) is 25.2 Å². The standard InChI is InChI=1S/C17H27NO2/c1-17(2)11-5-6-13(16(17)19)12-18(3)14-7-9-15(20-4)10-8-14/h7-10,13,16,19H,5-6,11-12H2,1-4H3. The molecule has 20 heavy (non-hydrogen) atoms. The van der Waals surface area contributed by atoms with Crippen molar-refractivity contribution in [3.8, 4) is 5.75 Å². The minimum absolute atomic E-state index is 0.0453. The number of methoxy groups -OCH3 is 1. The Hall–Kier alpha value is -1.22. The normalized spacial score (nSPS) is 25.2. The van der Waals surface area contributed by atoms with Crippen LogP contribution < -0.4 is 9.64 Å². The molecule has 0 bridgehead atoms. The highest BCUT2D eigenvalue weighted by molar-refractivity contribution is 5.48. The summed E-state index contributed by atoms with van der Waals surface area (Å²) >= 11 is 0. The molecule has 2 rings (SSSR count). The molecule has 1 N–H and O–H groups in total. The predicted octanol–water partition coefficient (Wildman–Crippen LogP) is 3.32. The van der Waals surface area contributed by atoms with Gasteiger partial charge in [0.1, 0.15) is 5.75 Å². The Labute approximate surface area is 122 Å². The van der Waals surface area contributed by atoms with E-state index in [-0.39, 0.29) is 11.5 Å². The Morgan fingerprint density at radius 3 is 2.55 bits per heavy atom. The van der Waals surface area contributed by atoms with Crippen LogP contribution in [0.25, 0.3) is 0 Å². The van der Waals surface area contributed by atoms with Gasteiger partial charge in [0.25, 0.3) is 0 Å². The zero-order valence-electron chi connectivity index (χ0n) is 13.1. The zero-order chi connectivity index (χ0) is 14.8. The predicted molar refractivity (Wildman–Crippen MR) is 83.4 cm³/mol. The molecule has 3 nitrogen and oxygen atoms in total. The minimum atomic E-state index is -0.211. The number of nitrogens with zero attached hydrogens (tertiary/aromatic N) is 1. The van der Waals surface area contributed by atoms with Crippen LogP contribution in [0.3, 0.4) is 0 Å². The van der Waals surface area contributed by atoms with E-state index < -0.39 is 0 Å². The van der Waals surface area contributed by atoms with Gasteiger partial charge in [0.15, 0.2) is 0 Å². The molecular weight excluding hydrogens is 250 g/mol. The fourth-order valence-corrected chi connectivity index (χ4v) is 3.25. The van der Waals surface area contributed by atoms with Crippen molar-refractivity contribution in [1.82, 2.24) is 0 Å². The molecule has 0 aliphatic heterocycles. The Morgan fingerprint density at radius 2 is 1.95 bits per heavy atom. The summed E-state index contributed by atoms with van der Waals surface area (Å²) in [6, 6.07) is 8.10. The number of ether oxygens (including phenoxy) is 1.